The first-order valence-corrected chi connectivity index (χ1v) is 20.7. The maximum atomic E-state index is 7.00. The van der Waals surface area contributed by atoms with Crippen molar-refractivity contribution in [1.82, 2.24) is 15.0 Å². The van der Waals surface area contributed by atoms with Gasteiger partial charge in [-0.2, -0.15) is 0 Å². The smallest absolute Gasteiger partial charge is 0.164 e. The molecule has 1 aliphatic rings. The van der Waals surface area contributed by atoms with Crippen LogP contribution in [-0.2, 0) is 5.60 Å². The molecule has 11 rings (SSSR count). The minimum Gasteiger partial charge on any atom is -0.477 e. The van der Waals surface area contributed by atoms with E-state index in [1.807, 2.05) is 12.1 Å². The molecule has 61 heavy (non-hydrogen) atoms. The molecule has 0 aliphatic carbocycles. The predicted molar refractivity (Wildman–Crippen MR) is 249 cm³/mol. The number of rotatable bonds is 7. The number of hydrogen-bond donors (Lipinski definition) is 0. The molecule has 0 bridgehead atoms. The van der Waals surface area contributed by atoms with Gasteiger partial charge in [-0.1, -0.05) is 206 Å². The molecular weight excluding hydrogens is 743 g/mol. The number of aromatic nitrogens is 3. The van der Waals surface area contributed by atoms with E-state index in [0.717, 1.165) is 66.9 Å². The fourth-order valence-corrected chi connectivity index (χ4v) is 8.71. The largest absolute Gasteiger partial charge is 0.477 e. The number of hydrogen-bond acceptors (Lipinski definition) is 4. The minimum absolute atomic E-state index is 0.604. The van der Waals surface area contributed by atoms with Crippen molar-refractivity contribution >= 4 is 10.8 Å². The zero-order chi connectivity index (χ0) is 40.8. The third kappa shape index (κ3) is 6.65. The van der Waals surface area contributed by atoms with Crippen molar-refractivity contribution in [3.8, 4) is 84.4 Å². The van der Waals surface area contributed by atoms with Crippen molar-refractivity contribution in [3.63, 3.8) is 0 Å². The normalized spacial score (nSPS) is 14.2. The topological polar surface area (TPSA) is 47.9 Å². The van der Waals surface area contributed by atoms with Gasteiger partial charge in [0, 0.05) is 27.8 Å². The SMILES string of the molecule is CC1(c2ccccc2)Oc2cc(-c3cccc(-c4nc(-c5ccc(-c6ccccc6)cc5)nc(-c5ccc(-c6cccc7ccccc67)cc5)n4)c3)ccc2-c2ccccc21. The van der Waals surface area contributed by atoms with Crippen LogP contribution in [-0.4, -0.2) is 15.0 Å². The van der Waals surface area contributed by atoms with Crippen LogP contribution in [0.1, 0.15) is 18.1 Å². The first-order chi connectivity index (χ1) is 30.1. The molecule has 9 aromatic carbocycles. The summed E-state index contributed by atoms with van der Waals surface area (Å²) in [6, 6.07) is 76.4. The van der Waals surface area contributed by atoms with Gasteiger partial charge < -0.3 is 4.74 Å². The summed E-state index contributed by atoms with van der Waals surface area (Å²) in [6.07, 6.45) is 0. The summed E-state index contributed by atoms with van der Waals surface area (Å²) in [4.78, 5) is 15.4. The molecule has 0 spiro atoms. The lowest BCUT2D eigenvalue weighted by Crippen LogP contribution is -2.34. The van der Waals surface area contributed by atoms with Gasteiger partial charge in [0.05, 0.1) is 0 Å². The molecule has 4 heteroatoms. The monoisotopic (exact) mass is 781 g/mol. The van der Waals surface area contributed by atoms with Gasteiger partial charge in [0.15, 0.2) is 23.1 Å². The van der Waals surface area contributed by atoms with Crippen LogP contribution < -0.4 is 4.74 Å². The molecule has 4 nitrogen and oxygen atoms in total. The van der Waals surface area contributed by atoms with E-state index in [9.17, 15) is 0 Å². The summed E-state index contributed by atoms with van der Waals surface area (Å²) in [5.74, 6) is 2.68. The van der Waals surface area contributed by atoms with Crippen LogP contribution in [0.3, 0.4) is 0 Å². The Balaban J connectivity index is 0.991. The molecule has 1 aromatic heterocycles. The van der Waals surface area contributed by atoms with Crippen molar-refractivity contribution in [2.75, 3.05) is 0 Å². The van der Waals surface area contributed by atoms with Crippen molar-refractivity contribution in [3.05, 3.63) is 230 Å². The summed E-state index contributed by atoms with van der Waals surface area (Å²) in [5.41, 5.74) is 13.3. The lowest BCUT2D eigenvalue weighted by molar-refractivity contribution is 0.129. The standard InChI is InChI=1S/C57H39N3O/c1-57(47-20-6-3-7-21-47)52-25-11-10-23-50(52)51-35-34-45(37-53(51)61-57)44-18-12-19-46(36-44)56-59-54(42-30-26-39(27-31-42)38-14-4-2-5-15-38)58-55(60-56)43-32-28-41(29-33-43)49-24-13-17-40-16-8-9-22-48(40)49/h2-37H,1H3. The van der Waals surface area contributed by atoms with E-state index in [2.05, 4.69) is 213 Å². The molecule has 10 aromatic rings. The quantitative estimate of drug-likeness (QED) is 0.162. The average Bonchev–Trinajstić information content (AvgIpc) is 3.34. The minimum atomic E-state index is -0.643. The van der Waals surface area contributed by atoms with Gasteiger partial charge in [0.1, 0.15) is 5.75 Å². The predicted octanol–water partition coefficient (Wildman–Crippen LogP) is 14.3. The van der Waals surface area contributed by atoms with Crippen LogP contribution in [0.25, 0.3) is 89.4 Å². The van der Waals surface area contributed by atoms with Crippen molar-refractivity contribution in [2.45, 2.75) is 12.5 Å². The fraction of sp³-hybridized carbons (Fsp3) is 0.0351. The van der Waals surface area contributed by atoms with E-state index in [1.54, 1.807) is 0 Å². The van der Waals surface area contributed by atoms with E-state index in [4.69, 9.17) is 19.7 Å². The molecule has 0 saturated carbocycles. The second kappa shape index (κ2) is 15.0. The lowest BCUT2D eigenvalue weighted by atomic mass is 9.80. The van der Waals surface area contributed by atoms with Crippen LogP contribution in [0.2, 0.25) is 0 Å². The van der Waals surface area contributed by atoms with Gasteiger partial charge in [-0.05, 0) is 74.3 Å². The molecule has 2 heterocycles. The highest BCUT2D eigenvalue weighted by atomic mass is 16.5. The van der Waals surface area contributed by atoms with Crippen molar-refractivity contribution in [1.29, 1.82) is 0 Å². The lowest BCUT2D eigenvalue weighted by Gasteiger charge is -2.38. The van der Waals surface area contributed by atoms with E-state index >= 15 is 0 Å². The van der Waals surface area contributed by atoms with Crippen LogP contribution >= 0.6 is 0 Å². The fourth-order valence-electron chi connectivity index (χ4n) is 8.71. The Morgan fingerprint density at radius 3 is 1.59 bits per heavy atom. The van der Waals surface area contributed by atoms with Crippen LogP contribution in [0.4, 0.5) is 0 Å². The van der Waals surface area contributed by atoms with Crippen LogP contribution in [0.15, 0.2) is 218 Å². The van der Waals surface area contributed by atoms with Crippen molar-refractivity contribution in [2.24, 2.45) is 0 Å². The first kappa shape index (κ1) is 36.2. The molecule has 1 unspecified atom stereocenters. The Morgan fingerprint density at radius 1 is 0.344 bits per heavy atom. The maximum Gasteiger partial charge on any atom is 0.164 e. The zero-order valence-electron chi connectivity index (χ0n) is 33.5. The molecule has 1 aliphatic heterocycles. The summed E-state index contributed by atoms with van der Waals surface area (Å²) < 4.78 is 7.00. The zero-order valence-corrected chi connectivity index (χ0v) is 33.5. The van der Waals surface area contributed by atoms with Gasteiger partial charge in [0.2, 0.25) is 0 Å². The van der Waals surface area contributed by atoms with E-state index in [0.29, 0.717) is 17.5 Å². The Morgan fingerprint density at radius 2 is 0.836 bits per heavy atom. The molecule has 0 amide bonds. The Labute approximate surface area is 355 Å². The first-order valence-electron chi connectivity index (χ1n) is 20.7. The highest BCUT2D eigenvalue weighted by Gasteiger charge is 2.38. The van der Waals surface area contributed by atoms with Gasteiger partial charge in [-0.15, -0.1) is 0 Å². The molecule has 0 N–H and O–H groups in total. The molecule has 1 atom stereocenters. The van der Waals surface area contributed by atoms with Crippen LogP contribution in [0, 0.1) is 0 Å². The van der Waals surface area contributed by atoms with E-state index in [-0.39, 0.29) is 0 Å². The summed E-state index contributed by atoms with van der Waals surface area (Å²) >= 11 is 0. The summed E-state index contributed by atoms with van der Waals surface area (Å²) in [7, 11) is 0. The Kier molecular flexibility index (Phi) is 8.90. The molecule has 288 valence electrons. The van der Waals surface area contributed by atoms with Crippen LogP contribution in [0.5, 0.6) is 5.75 Å². The highest BCUT2D eigenvalue weighted by Crippen LogP contribution is 2.49. The molecule has 0 fully saturated rings. The molecule has 0 radical (unpaired) electrons. The van der Waals surface area contributed by atoms with E-state index in [1.165, 1.54) is 21.9 Å². The molecular formula is C57H39N3O. The number of fused-ring (bicyclic) bond motifs is 4. The molecule has 0 saturated heterocycles. The average molecular weight is 782 g/mol. The van der Waals surface area contributed by atoms with E-state index < -0.39 is 5.60 Å². The van der Waals surface area contributed by atoms with Crippen molar-refractivity contribution < 1.29 is 4.74 Å². The Bertz CT molecular complexity index is 3210. The second-order valence-corrected chi connectivity index (χ2v) is 15.7. The summed E-state index contributed by atoms with van der Waals surface area (Å²) in [5, 5.41) is 2.44. The van der Waals surface area contributed by atoms with Gasteiger partial charge in [0.25, 0.3) is 0 Å². The third-order valence-corrected chi connectivity index (χ3v) is 11.9. The number of benzene rings is 9. The number of nitrogens with zero attached hydrogens (tertiary/aromatic N) is 3. The van der Waals surface area contributed by atoms with Gasteiger partial charge in [-0.25, -0.2) is 15.0 Å². The third-order valence-electron chi connectivity index (χ3n) is 11.9. The maximum absolute atomic E-state index is 7.00. The Hall–Kier alpha value is -7.95. The number of ether oxygens (including phenoxy) is 1. The van der Waals surface area contributed by atoms with Gasteiger partial charge in [-0.3, -0.25) is 0 Å². The summed E-state index contributed by atoms with van der Waals surface area (Å²) in [6.45, 7) is 2.17. The van der Waals surface area contributed by atoms with Gasteiger partial charge >= 0.3 is 0 Å². The second-order valence-electron chi connectivity index (χ2n) is 15.7. The highest BCUT2D eigenvalue weighted by molar-refractivity contribution is 5.97.